The van der Waals surface area contributed by atoms with Crippen molar-refractivity contribution in [3.05, 3.63) is 0 Å². The van der Waals surface area contributed by atoms with Crippen LogP contribution in [0.25, 0.3) is 0 Å². The van der Waals surface area contributed by atoms with E-state index in [1.165, 1.54) is 0 Å². The zero-order chi connectivity index (χ0) is 6.15. The molecule has 0 saturated carbocycles. The molecule has 0 aromatic rings. The van der Waals surface area contributed by atoms with Gasteiger partial charge >= 0.3 is 0 Å². The topological polar surface area (TPSA) is 29.1 Å². The van der Waals surface area contributed by atoms with Gasteiger partial charge in [-0.05, 0) is 6.42 Å². The van der Waals surface area contributed by atoms with Gasteiger partial charge in [-0.1, -0.05) is 22.9 Å². The van der Waals surface area contributed by atoms with Crippen LogP contribution in [-0.4, -0.2) is 10.9 Å². The lowest BCUT2D eigenvalue weighted by Gasteiger charge is -1.93. The molecule has 1 aliphatic heterocycles. The van der Waals surface area contributed by atoms with Crippen molar-refractivity contribution in [2.75, 3.05) is 0 Å². The van der Waals surface area contributed by atoms with E-state index in [0.717, 1.165) is 6.42 Å². The Morgan fingerprint density at radius 1 is 1.88 bits per heavy atom. The molecule has 1 aliphatic rings. The summed E-state index contributed by atoms with van der Waals surface area (Å²) in [4.78, 5) is 10.9. The SMILES string of the molecule is CC1CC(Br)NC1=O. The van der Waals surface area contributed by atoms with Crippen molar-refractivity contribution in [1.29, 1.82) is 0 Å². The molecule has 0 aromatic heterocycles. The van der Waals surface area contributed by atoms with E-state index >= 15 is 0 Å². The molecule has 1 saturated heterocycles. The minimum absolute atomic E-state index is 0.159. The van der Waals surface area contributed by atoms with Gasteiger partial charge in [0.2, 0.25) is 5.91 Å². The van der Waals surface area contributed by atoms with Crippen molar-refractivity contribution in [2.45, 2.75) is 18.3 Å². The first-order chi connectivity index (χ1) is 3.70. The highest BCUT2D eigenvalue weighted by atomic mass is 79.9. The first kappa shape index (κ1) is 6.08. The minimum Gasteiger partial charge on any atom is -0.343 e. The van der Waals surface area contributed by atoms with Crippen LogP contribution in [0.2, 0.25) is 0 Å². The predicted octanol–water partition coefficient (Wildman–Crippen LogP) is 0.863. The second kappa shape index (κ2) is 2.05. The standard InChI is InChI=1S/C5H8BrNO/c1-3-2-4(6)7-5(3)8/h3-4H,2H2,1H3,(H,7,8). The molecule has 0 aromatic carbocycles. The highest BCUT2D eigenvalue weighted by Gasteiger charge is 2.25. The smallest absolute Gasteiger partial charge is 0.223 e. The van der Waals surface area contributed by atoms with Crippen molar-refractivity contribution in [3.63, 3.8) is 0 Å². The van der Waals surface area contributed by atoms with E-state index in [0.29, 0.717) is 0 Å². The van der Waals surface area contributed by atoms with Gasteiger partial charge < -0.3 is 5.32 Å². The van der Waals surface area contributed by atoms with Crippen LogP contribution in [0.1, 0.15) is 13.3 Å². The molecule has 8 heavy (non-hydrogen) atoms. The first-order valence-corrected chi connectivity index (χ1v) is 3.56. The van der Waals surface area contributed by atoms with Crippen LogP contribution in [0.3, 0.4) is 0 Å². The van der Waals surface area contributed by atoms with Crippen molar-refractivity contribution >= 4 is 21.8 Å². The van der Waals surface area contributed by atoms with E-state index in [9.17, 15) is 4.79 Å². The minimum atomic E-state index is 0.159. The number of carbonyl (C=O) groups is 1. The van der Waals surface area contributed by atoms with Gasteiger partial charge in [0.25, 0.3) is 0 Å². The van der Waals surface area contributed by atoms with E-state index in [1.54, 1.807) is 0 Å². The quantitative estimate of drug-likeness (QED) is 0.432. The Kier molecular flexibility index (Phi) is 1.56. The number of hydrogen-bond acceptors (Lipinski definition) is 1. The summed E-state index contributed by atoms with van der Waals surface area (Å²) in [5, 5.41) is 2.74. The summed E-state index contributed by atoms with van der Waals surface area (Å²) >= 11 is 3.29. The first-order valence-electron chi connectivity index (χ1n) is 2.64. The number of carbonyl (C=O) groups excluding carboxylic acids is 1. The molecule has 0 spiro atoms. The summed E-state index contributed by atoms with van der Waals surface area (Å²) in [6.07, 6.45) is 0.916. The Bertz CT molecular complexity index is 115. The van der Waals surface area contributed by atoms with Gasteiger partial charge in [-0.25, -0.2) is 0 Å². The van der Waals surface area contributed by atoms with E-state index in [1.807, 2.05) is 6.92 Å². The Hall–Kier alpha value is -0.0500. The molecule has 1 rings (SSSR count). The van der Waals surface area contributed by atoms with Crippen LogP contribution in [0.15, 0.2) is 0 Å². The normalized spacial score (nSPS) is 37.5. The monoisotopic (exact) mass is 177 g/mol. The maximum atomic E-state index is 10.6. The van der Waals surface area contributed by atoms with Crippen molar-refractivity contribution < 1.29 is 4.79 Å². The third kappa shape index (κ3) is 1.02. The van der Waals surface area contributed by atoms with Gasteiger partial charge in [0.1, 0.15) is 0 Å². The molecule has 1 fully saturated rings. The van der Waals surface area contributed by atoms with Crippen LogP contribution < -0.4 is 5.32 Å². The maximum Gasteiger partial charge on any atom is 0.223 e. The zero-order valence-corrected chi connectivity index (χ0v) is 6.23. The number of amides is 1. The van der Waals surface area contributed by atoms with Crippen LogP contribution in [0.5, 0.6) is 0 Å². The fourth-order valence-electron chi connectivity index (χ4n) is 0.773. The fourth-order valence-corrected chi connectivity index (χ4v) is 1.56. The summed E-state index contributed by atoms with van der Waals surface area (Å²) in [5.41, 5.74) is 0. The molecule has 1 amide bonds. The lowest BCUT2D eigenvalue weighted by atomic mass is 10.1. The van der Waals surface area contributed by atoms with Crippen molar-refractivity contribution in [2.24, 2.45) is 5.92 Å². The Morgan fingerprint density at radius 3 is 2.62 bits per heavy atom. The predicted molar refractivity (Wildman–Crippen MR) is 34.6 cm³/mol. The molecular formula is C5H8BrNO. The third-order valence-corrected chi connectivity index (χ3v) is 1.91. The summed E-state index contributed by atoms with van der Waals surface area (Å²) in [5.74, 6) is 0.353. The van der Waals surface area contributed by atoms with Crippen LogP contribution in [-0.2, 0) is 4.79 Å². The molecule has 2 atom stereocenters. The molecule has 2 nitrogen and oxygen atoms in total. The number of hydrogen-bond donors (Lipinski definition) is 1. The van der Waals surface area contributed by atoms with Crippen molar-refractivity contribution in [3.8, 4) is 0 Å². The van der Waals surface area contributed by atoms with Gasteiger partial charge in [-0.3, -0.25) is 4.79 Å². The molecular weight excluding hydrogens is 170 g/mol. The molecule has 3 heteroatoms. The molecule has 0 radical (unpaired) electrons. The second-order valence-electron chi connectivity index (χ2n) is 2.11. The Labute approximate surface area is 56.8 Å². The van der Waals surface area contributed by atoms with E-state index < -0.39 is 0 Å². The van der Waals surface area contributed by atoms with E-state index in [2.05, 4.69) is 21.2 Å². The second-order valence-corrected chi connectivity index (χ2v) is 3.22. The Balaban J connectivity index is 2.51. The van der Waals surface area contributed by atoms with Crippen LogP contribution >= 0.6 is 15.9 Å². The fraction of sp³-hybridized carbons (Fsp3) is 0.800. The molecule has 1 heterocycles. The number of alkyl halides is 1. The van der Waals surface area contributed by atoms with Gasteiger partial charge in [-0.2, -0.15) is 0 Å². The number of nitrogens with one attached hydrogen (secondary N) is 1. The van der Waals surface area contributed by atoms with Gasteiger partial charge in [0.15, 0.2) is 0 Å². The summed E-state index contributed by atoms with van der Waals surface area (Å²) in [7, 11) is 0. The Morgan fingerprint density at radius 2 is 2.50 bits per heavy atom. The van der Waals surface area contributed by atoms with Gasteiger partial charge in [0, 0.05) is 5.92 Å². The highest BCUT2D eigenvalue weighted by Crippen LogP contribution is 2.17. The van der Waals surface area contributed by atoms with Crippen molar-refractivity contribution in [1.82, 2.24) is 5.32 Å². The molecule has 46 valence electrons. The molecule has 1 N–H and O–H groups in total. The molecule has 2 unspecified atom stereocenters. The zero-order valence-electron chi connectivity index (χ0n) is 4.65. The number of halogens is 1. The van der Waals surface area contributed by atoms with Crippen LogP contribution in [0, 0.1) is 5.92 Å². The average molecular weight is 178 g/mol. The maximum absolute atomic E-state index is 10.6. The largest absolute Gasteiger partial charge is 0.343 e. The lowest BCUT2D eigenvalue weighted by molar-refractivity contribution is -0.121. The summed E-state index contributed by atoms with van der Waals surface area (Å²) < 4.78 is 0. The lowest BCUT2D eigenvalue weighted by Crippen LogP contribution is -2.21. The summed E-state index contributed by atoms with van der Waals surface area (Å²) in [6, 6.07) is 0. The van der Waals surface area contributed by atoms with Crippen LogP contribution in [0.4, 0.5) is 0 Å². The van der Waals surface area contributed by atoms with E-state index in [4.69, 9.17) is 0 Å². The van der Waals surface area contributed by atoms with Gasteiger partial charge in [-0.15, -0.1) is 0 Å². The highest BCUT2D eigenvalue weighted by molar-refractivity contribution is 9.09. The molecule has 0 aliphatic carbocycles. The summed E-state index contributed by atoms with van der Waals surface area (Å²) in [6.45, 7) is 1.93. The molecule has 0 bridgehead atoms. The van der Waals surface area contributed by atoms with E-state index in [-0.39, 0.29) is 16.8 Å². The average Bonchev–Trinajstić information content (AvgIpc) is 1.85. The third-order valence-electron chi connectivity index (χ3n) is 1.31. The van der Waals surface area contributed by atoms with Gasteiger partial charge in [0.05, 0.1) is 4.95 Å². The number of rotatable bonds is 0.